The van der Waals surface area contributed by atoms with Crippen LogP contribution in [0.25, 0.3) is 0 Å². The van der Waals surface area contributed by atoms with E-state index in [0.717, 1.165) is 55.1 Å². The van der Waals surface area contributed by atoms with Crippen molar-refractivity contribution in [2.24, 2.45) is 0 Å². The molecule has 1 amide bonds. The van der Waals surface area contributed by atoms with E-state index in [9.17, 15) is 4.79 Å². The number of aromatic nitrogens is 3. The van der Waals surface area contributed by atoms with Crippen LogP contribution in [0.3, 0.4) is 0 Å². The maximum Gasteiger partial charge on any atom is 0.272 e. The molecule has 0 saturated heterocycles. The number of nitrogens with zero attached hydrogens (tertiary/aromatic N) is 3. The number of nitrogens with one attached hydrogen (secondary N) is 2. The third kappa shape index (κ3) is 5.06. The number of hydrogen-bond donors (Lipinski definition) is 2. The Bertz CT molecular complexity index is 985. The van der Waals surface area contributed by atoms with Crippen LogP contribution in [0, 0.1) is 0 Å². The summed E-state index contributed by atoms with van der Waals surface area (Å²) in [5.41, 5.74) is 6.81. The van der Waals surface area contributed by atoms with Gasteiger partial charge in [-0.3, -0.25) is 14.8 Å². The van der Waals surface area contributed by atoms with Crippen molar-refractivity contribution in [1.82, 2.24) is 25.4 Å². The summed E-state index contributed by atoms with van der Waals surface area (Å²) in [5.74, 6) is 0.666. The lowest BCUT2D eigenvalue weighted by Crippen LogP contribution is -2.34. The number of aryl methyl sites for hydroxylation is 1. The van der Waals surface area contributed by atoms with Crippen LogP contribution in [-0.2, 0) is 25.9 Å². The highest BCUT2D eigenvalue weighted by molar-refractivity contribution is 7.07. The van der Waals surface area contributed by atoms with Crippen LogP contribution >= 0.6 is 11.3 Å². The Hall–Kier alpha value is -2.71. The Morgan fingerprint density at radius 1 is 1.37 bits per heavy atom. The Morgan fingerprint density at radius 3 is 3.10 bits per heavy atom. The number of carbonyl (C=O) groups excluding carboxylic acids is 1. The molecule has 2 heterocycles. The fourth-order valence-electron chi connectivity index (χ4n) is 3.78. The maximum absolute atomic E-state index is 12.5. The van der Waals surface area contributed by atoms with E-state index in [0.29, 0.717) is 12.2 Å². The first kappa shape index (κ1) is 20.6. The van der Waals surface area contributed by atoms with Gasteiger partial charge in [-0.15, -0.1) is 11.3 Å². The third-order valence-electron chi connectivity index (χ3n) is 5.18. The van der Waals surface area contributed by atoms with Crippen LogP contribution in [-0.4, -0.2) is 45.7 Å². The molecule has 0 radical (unpaired) electrons. The van der Waals surface area contributed by atoms with Crippen LogP contribution in [0.15, 0.2) is 35.2 Å². The van der Waals surface area contributed by atoms with E-state index in [1.165, 1.54) is 5.56 Å². The normalized spacial score (nSPS) is 14.0. The first-order valence-corrected chi connectivity index (χ1v) is 11.2. The van der Waals surface area contributed by atoms with Crippen molar-refractivity contribution in [1.29, 1.82) is 0 Å². The molecule has 1 aromatic carbocycles. The zero-order valence-electron chi connectivity index (χ0n) is 17.4. The molecule has 2 N–H and O–H groups in total. The first-order chi connectivity index (χ1) is 14.6. The molecule has 1 unspecified atom stereocenters. The summed E-state index contributed by atoms with van der Waals surface area (Å²) in [5, 5.41) is 12.2. The molecule has 0 fully saturated rings. The van der Waals surface area contributed by atoms with Gasteiger partial charge in [-0.2, -0.15) is 5.10 Å². The highest BCUT2D eigenvalue weighted by Gasteiger charge is 2.23. The van der Waals surface area contributed by atoms with Gasteiger partial charge in [-0.1, -0.05) is 12.1 Å². The molecule has 0 saturated carbocycles. The number of benzene rings is 1. The Labute approximate surface area is 180 Å². The topological polar surface area (TPSA) is 83.1 Å². The fraction of sp³-hybridized carbons (Fsp3) is 0.409. The van der Waals surface area contributed by atoms with E-state index in [1.807, 2.05) is 24.6 Å². The molecule has 7 nitrogen and oxygen atoms in total. The second-order valence-corrected chi connectivity index (χ2v) is 8.54. The SMILES string of the molecule is CC(CNC(=O)c1n[nH]c2c1CCC2)Oc1cccc(CN(C)Cc2cscn2)c1. The van der Waals surface area contributed by atoms with E-state index in [2.05, 4.69) is 50.0 Å². The van der Waals surface area contributed by atoms with Gasteiger partial charge in [-0.25, -0.2) is 4.98 Å². The molecular weight excluding hydrogens is 398 g/mol. The standard InChI is InChI=1S/C22H27N5O2S/c1-15(10-23-22(28)21-19-7-4-8-20(19)25-26-21)29-18-6-3-5-16(9-18)11-27(2)12-17-13-30-14-24-17/h3,5-6,9,13-15H,4,7-8,10-12H2,1-2H3,(H,23,28)(H,25,26). The van der Waals surface area contributed by atoms with E-state index >= 15 is 0 Å². The number of carbonyl (C=O) groups is 1. The van der Waals surface area contributed by atoms with Gasteiger partial charge in [0.25, 0.3) is 5.91 Å². The molecule has 4 rings (SSSR count). The predicted octanol–water partition coefficient (Wildman–Crippen LogP) is 3.18. The molecule has 0 aliphatic heterocycles. The Balaban J connectivity index is 1.27. The first-order valence-electron chi connectivity index (χ1n) is 10.2. The number of thiazole rings is 1. The summed E-state index contributed by atoms with van der Waals surface area (Å²) in [4.78, 5) is 19.0. The molecule has 2 aromatic heterocycles. The van der Waals surface area contributed by atoms with Crippen LogP contribution in [0.1, 0.15) is 46.3 Å². The molecular formula is C22H27N5O2S. The highest BCUT2D eigenvalue weighted by atomic mass is 32.1. The van der Waals surface area contributed by atoms with Gasteiger partial charge in [0.1, 0.15) is 11.9 Å². The van der Waals surface area contributed by atoms with Gasteiger partial charge < -0.3 is 10.1 Å². The average molecular weight is 426 g/mol. The lowest BCUT2D eigenvalue weighted by atomic mass is 10.2. The summed E-state index contributed by atoms with van der Waals surface area (Å²) in [6, 6.07) is 8.09. The molecule has 30 heavy (non-hydrogen) atoms. The number of ether oxygens (including phenoxy) is 1. The number of amides is 1. The summed E-state index contributed by atoms with van der Waals surface area (Å²) < 4.78 is 6.03. The minimum Gasteiger partial charge on any atom is -0.489 e. The largest absolute Gasteiger partial charge is 0.489 e. The van der Waals surface area contributed by atoms with E-state index < -0.39 is 0 Å². The summed E-state index contributed by atoms with van der Waals surface area (Å²) in [6.45, 7) is 4.00. The summed E-state index contributed by atoms with van der Waals surface area (Å²) in [7, 11) is 2.08. The van der Waals surface area contributed by atoms with E-state index in [1.54, 1.807) is 11.3 Å². The number of aromatic amines is 1. The van der Waals surface area contributed by atoms with Crippen LogP contribution < -0.4 is 10.1 Å². The van der Waals surface area contributed by atoms with Gasteiger partial charge >= 0.3 is 0 Å². The smallest absolute Gasteiger partial charge is 0.272 e. The van der Waals surface area contributed by atoms with Crippen molar-refractivity contribution in [3.8, 4) is 5.75 Å². The lowest BCUT2D eigenvalue weighted by molar-refractivity contribution is 0.0926. The molecule has 158 valence electrons. The third-order valence-corrected chi connectivity index (χ3v) is 5.81. The Kier molecular flexibility index (Phi) is 6.44. The van der Waals surface area contributed by atoms with Crippen LogP contribution in [0.5, 0.6) is 5.75 Å². The molecule has 1 atom stereocenters. The lowest BCUT2D eigenvalue weighted by Gasteiger charge is -2.18. The number of fused-ring (bicyclic) bond motifs is 1. The fourth-order valence-corrected chi connectivity index (χ4v) is 4.33. The number of hydrogen-bond acceptors (Lipinski definition) is 6. The predicted molar refractivity (Wildman–Crippen MR) is 117 cm³/mol. The van der Waals surface area contributed by atoms with E-state index in [4.69, 9.17) is 4.74 Å². The molecule has 3 aromatic rings. The quantitative estimate of drug-likeness (QED) is 0.550. The van der Waals surface area contributed by atoms with Crippen molar-refractivity contribution < 1.29 is 9.53 Å². The molecule has 1 aliphatic rings. The average Bonchev–Trinajstić information content (AvgIpc) is 3.44. The number of H-pyrrole nitrogens is 1. The van der Waals surface area contributed by atoms with Gasteiger partial charge in [-0.05, 0) is 50.9 Å². The van der Waals surface area contributed by atoms with Gasteiger partial charge in [0.05, 0.1) is 17.7 Å². The minimum absolute atomic E-state index is 0.137. The number of rotatable bonds is 9. The molecule has 1 aliphatic carbocycles. The van der Waals surface area contributed by atoms with Crippen molar-refractivity contribution in [2.45, 2.75) is 45.4 Å². The van der Waals surface area contributed by atoms with Gasteiger partial charge in [0.15, 0.2) is 5.69 Å². The summed E-state index contributed by atoms with van der Waals surface area (Å²) in [6.07, 6.45) is 2.83. The molecule has 0 bridgehead atoms. The second kappa shape index (κ2) is 9.40. The van der Waals surface area contributed by atoms with Crippen molar-refractivity contribution >= 4 is 17.2 Å². The van der Waals surface area contributed by atoms with Crippen molar-refractivity contribution in [2.75, 3.05) is 13.6 Å². The van der Waals surface area contributed by atoms with Crippen molar-refractivity contribution in [3.05, 3.63) is 63.4 Å². The summed E-state index contributed by atoms with van der Waals surface area (Å²) >= 11 is 1.62. The minimum atomic E-state index is -0.149. The van der Waals surface area contributed by atoms with Crippen LogP contribution in [0.2, 0.25) is 0 Å². The maximum atomic E-state index is 12.5. The van der Waals surface area contributed by atoms with E-state index in [-0.39, 0.29) is 12.0 Å². The molecule has 0 spiro atoms. The Morgan fingerprint density at radius 2 is 2.27 bits per heavy atom. The monoisotopic (exact) mass is 425 g/mol. The van der Waals surface area contributed by atoms with Crippen molar-refractivity contribution in [3.63, 3.8) is 0 Å². The zero-order valence-corrected chi connectivity index (χ0v) is 18.2. The highest BCUT2D eigenvalue weighted by Crippen LogP contribution is 2.22. The van der Waals surface area contributed by atoms with Crippen LogP contribution in [0.4, 0.5) is 0 Å². The zero-order chi connectivity index (χ0) is 20.9. The second-order valence-electron chi connectivity index (χ2n) is 7.82. The van der Waals surface area contributed by atoms with Gasteiger partial charge in [0.2, 0.25) is 0 Å². The van der Waals surface area contributed by atoms with Gasteiger partial charge in [0, 0.05) is 29.7 Å². The molecule has 8 heteroatoms.